The van der Waals surface area contributed by atoms with E-state index in [0.29, 0.717) is 5.69 Å². The lowest BCUT2D eigenvalue weighted by molar-refractivity contribution is 0.590. The fourth-order valence-corrected chi connectivity index (χ4v) is 4.19. The van der Waals surface area contributed by atoms with Gasteiger partial charge in [0.1, 0.15) is 23.5 Å². The summed E-state index contributed by atoms with van der Waals surface area (Å²) in [6.45, 7) is 13.0. The highest BCUT2D eigenvalue weighted by Crippen LogP contribution is 2.39. The molecule has 4 rings (SSSR count). The quantitative estimate of drug-likeness (QED) is 0.323. The first-order chi connectivity index (χ1) is 15.0. The van der Waals surface area contributed by atoms with Crippen LogP contribution in [-0.2, 0) is 10.8 Å². The van der Waals surface area contributed by atoms with E-state index in [1.54, 1.807) is 0 Å². The number of rotatable bonds is 1. The van der Waals surface area contributed by atoms with Crippen molar-refractivity contribution in [2.45, 2.75) is 52.4 Å². The Bertz CT molecular complexity index is 1390. The number of halogens is 1. The van der Waals surface area contributed by atoms with Crippen LogP contribution in [0.2, 0.25) is 0 Å². The van der Waals surface area contributed by atoms with Crippen LogP contribution in [0.1, 0.15) is 63.8 Å². The van der Waals surface area contributed by atoms with Crippen molar-refractivity contribution in [2.24, 2.45) is 0 Å². The monoisotopic (exact) mass is 423 g/mol. The molecule has 1 aromatic heterocycles. The van der Waals surface area contributed by atoms with E-state index in [9.17, 15) is 14.9 Å². The van der Waals surface area contributed by atoms with Gasteiger partial charge in [0, 0.05) is 10.8 Å². The smallest absolute Gasteiger partial charge is 0.143 e. The first kappa shape index (κ1) is 21.6. The van der Waals surface area contributed by atoms with E-state index in [1.807, 2.05) is 22.8 Å². The highest BCUT2D eigenvalue weighted by Gasteiger charge is 2.24. The zero-order valence-electron chi connectivity index (χ0n) is 19.3. The van der Waals surface area contributed by atoms with E-state index < -0.39 is 5.82 Å². The highest BCUT2D eigenvalue weighted by molar-refractivity contribution is 6.10. The van der Waals surface area contributed by atoms with Gasteiger partial charge in [-0.05, 0) is 58.4 Å². The fraction of sp³-hybridized carbons (Fsp3) is 0.286. The zero-order chi connectivity index (χ0) is 23.4. The van der Waals surface area contributed by atoms with Crippen molar-refractivity contribution in [2.75, 3.05) is 0 Å². The van der Waals surface area contributed by atoms with Gasteiger partial charge >= 0.3 is 0 Å². The second-order valence-electron chi connectivity index (χ2n) is 10.3. The molecule has 0 radical (unpaired) electrons. The second kappa shape index (κ2) is 7.21. The molecule has 0 fully saturated rings. The van der Waals surface area contributed by atoms with Crippen LogP contribution < -0.4 is 0 Å². The van der Waals surface area contributed by atoms with Crippen molar-refractivity contribution in [3.05, 3.63) is 76.6 Å². The highest BCUT2D eigenvalue weighted by atomic mass is 19.1. The lowest BCUT2D eigenvalue weighted by Crippen LogP contribution is -2.10. The standard InChI is InChI=1S/C28H26FN3/c1-27(2,3)18-8-11-24-20(13-18)21-14-19(28(4,5)6)9-12-25(21)32(24)26-17(15-30)7-10-23(29)22(26)16-31/h7-14H,1-6H3. The minimum absolute atomic E-state index is 0.0429. The summed E-state index contributed by atoms with van der Waals surface area (Å²) in [6, 6.07) is 19.3. The number of fused-ring (bicyclic) bond motifs is 3. The van der Waals surface area contributed by atoms with Crippen LogP contribution in [0.25, 0.3) is 27.5 Å². The van der Waals surface area contributed by atoms with Crippen LogP contribution in [-0.4, -0.2) is 4.57 Å². The van der Waals surface area contributed by atoms with Crippen LogP contribution >= 0.6 is 0 Å². The Hall–Kier alpha value is -3.63. The maximum absolute atomic E-state index is 14.7. The van der Waals surface area contributed by atoms with E-state index in [-0.39, 0.29) is 22.0 Å². The average molecular weight is 424 g/mol. The third-order valence-corrected chi connectivity index (χ3v) is 6.08. The molecule has 3 aromatic carbocycles. The van der Waals surface area contributed by atoms with E-state index in [1.165, 1.54) is 23.3 Å². The predicted molar refractivity (Wildman–Crippen MR) is 128 cm³/mol. The minimum atomic E-state index is -0.630. The van der Waals surface area contributed by atoms with E-state index in [2.05, 4.69) is 71.9 Å². The van der Waals surface area contributed by atoms with Crippen molar-refractivity contribution in [1.29, 1.82) is 10.5 Å². The molecule has 0 aliphatic rings. The third kappa shape index (κ3) is 3.33. The van der Waals surface area contributed by atoms with Gasteiger partial charge in [0.2, 0.25) is 0 Å². The molecular weight excluding hydrogens is 397 g/mol. The minimum Gasteiger partial charge on any atom is -0.307 e. The summed E-state index contributed by atoms with van der Waals surface area (Å²) in [5.74, 6) is -0.630. The van der Waals surface area contributed by atoms with Crippen molar-refractivity contribution in [1.82, 2.24) is 4.57 Å². The van der Waals surface area contributed by atoms with Crippen LogP contribution in [0.5, 0.6) is 0 Å². The summed E-state index contributed by atoms with van der Waals surface area (Å²) >= 11 is 0. The number of hydrogen-bond donors (Lipinski definition) is 0. The molecule has 0 bridgehead atoms. The van der Waals surface area contributed by atoms with Gasteiger partial charge in [-0.3, -0.25) is 0 Å². The van der Waals surface area contributed by atoms with E-state index in [0.717, 1.165) is 21.8 Å². The summed E-state index contributed by atoms with van der Waals surface area (Å²) in [5.41, 5.74) is 4.41. The average Bonchev–Trinajstić information content (AvgIpc) is 3.05. The molecule has 0 spiro atoms. The molecule has 3 nitrogen and oxygen atoms in total. The van der Waals surface area contributed by atoms with Gasteiger partial charge in [-0.15, -0.1) is 0 Å². The molecule has 0 aliphatic carbocycles. The summed E-state index contributed by atoms with van der Waals surface area (Å²) in [7, 11) is 0. The van der Waals surface area contributed by atoms with E-state index >= 15 is 0 Å². The number of hydrogen-bond acceptors (Lipinski definition) is 2. The van der Waals surface area contributed by atoms with Crippen LogP contribution in [0.4, 0.5) is 4.39 Å². The van der Waals surface area contributed by atoms with Gasteiger partial charge in [0.15, 0.2) is 0 Å². The number of aromatic nitrogens is 1. The first-order valence-corrected chi connectivity index (χ1v) is 10.7. The Balaban J connectivity index is 2.24. The van der Waals surface area contributed by atoms with Crippen LogP contribution in [0.3, 0.4) is 0 Å². The zero-order valence-corrected chi connectivity index (χ0v) is 19.3. The largest absolute Gasteiger partial charge is 0.307 e. The molecule has 4 aromatic rings. The summed E-state index contributed by atoms with van der Waals surface area (Å²) in [6.07, 6.45) is 0. The number of nitrogens with zero attached hydrogens (tertiary/aromatic N) is 3. The first-order valence-electron chi connectivity index (χ1n) is 10.7. The third-order valence-electron chi connectivity index (χ3n) is 6.08. The number of benzene rings is 3. The summed E-state index contributed by atoms with van der Waals surface area (Å²) in [4.78, 5) is 0. The van der Waals surface area contributed by atoms with Gasteiger partial charge in [-0.1, -0.05) is 53.7 Å². The molecule has 0 atom stereocenters. The molecule has 0 amide bonds. The Labute approximate surface area is 188 Å². The van der Waals surface area contributed by atoms with Crippen LogP contribution in [0, 0.1) is 28.5 Å². The van der Waals surface area contributed by atoms with Gasteiger partial charge in [0.25, 0.3) is 0 Å². The molecule has 0 aliphatic heterocycles. The molecular formula is C28H26FN3. The lowest BCUT2D eigenvalue weighted by Gasteiger charge is -2.19. The molecule has 0 unspecified atom stereocenters. The van der Waals surface area contributed by atoms with Gasteiger partial charge in [-0.25, -0.2) is 4.39 Å². The molecule has 0 N–H and O–H groups in total. The molecule has 1 heterocycles. The van der Waals surface area contributed by atoms with Crippen LogP contribution in [0.15, 0.2) is 48.5 Å². The Morgan fingerprint density at radius 3 is 1.62 bits per heavy atom. The predicted octanol–water partition coefficient (Wildman–Crippen LogP) is 7.26. The molecule has 160 valence electrons. The molecule has 32 heavy (non-hydrogen) atoms. The normalized spacial score (nSPS) is 12.2. The molecule has 0 saturated carbocycles. The Morgan fingerprint density at radius 2 is 1.22 bits per heavy atom. The summed E-state index contributed by atoms with van der Waals surface area (Å²) < 4.78 is 16.5. The maximum Gasteiger partial charge on any atom is 0.143 e. The maximum atomic E-state index is 14.7. The van der Waals surface area contributed by atoms with Gasteiger partial charge in [0.05, 0.1) is 22.3 Å². The van der Waals surface area contributed by atoms with E-state index in [4.69, 9.17) is 0 Å². The molecule has 0 saturated heterocycles. The SMILES string of the molecule is CC(C)(C)c1ccc2c(c1)c1cc(C(C)(C)C)ccc1n2-c1c(C#N)ccc(F)c1C#N. The summed E-state index contributed by atoms with van der Waals surface area (Å²) in [5, 5.41) is 21.6. The van der Waals surface area contributed by atoms with Crippen molar-refractivity contribution in [3.63, 3.8) is 0 Å². The van der Waals surface area contributed by atoms with Gasteiger partial charge < -0.3 is 4.57 Å². The number of nitriles is 2. The van der Waals surface area contributed by atoms with Crippen molar-refractivity contribution in [3.8, 4) is 17.8 Å². The Morgan fingerprint density at radius 1 is 0.719 bits per heavy atom. The van der Waals surface area contributed by atoms with Gasteiger partial charge in [-0.2, -0.15) is 10.5 Å². The topological polar surface area (TPSA) is 52.5 Å². The lowest BCUT2D eigenvalue weighted by atomic mass is 9.85. The molecule has 4 heteroatoms. The second-order valence-corrected chi connectivity index (χ2v) is 10.3. The Kier molecular flexibility index (Phi) is 4.87. The van der Waals surface area contributed by atoms with Crippen molar-refractivity contribution >= 4 is 21.8 Å². The fourth-order valence-electron chi connectivity index (χ4n) is 4.19. The van der Waals surface area contributed by atoms with Crippen molar-refractivity contribution < 1.29 is 4.39 Å².